The third-order valence-electron chi connectivity index (χ3n) is 3.30. The summed E-state index contributed by atoms with van der Waals surface area (Å²) in [5.41, 5.74) is 0.683. The third kappa shape index (κ3) is 3.15. The molecule has 0 aliphatic heterocycles. The van der Waals surface area contributed by atoms with Gasteiger partial charge in [0.2, 0.25) is 5.91 Å². The first-order chi connectivity index (χ1) is 9.15. The molecule has 0 saturated carbocycles. The minimum Gasteiger partial charge on any atom is -0.341 e. The summed E-state index contributed by atoms with van der Waals surface area (Å²) in [6.45, 7) is 9.84. The van der Waals surface area contributed by atoms with Crippen LogP contribution in [0.1, 0.15) is 38.2 Å². The van der Waals surface area contributed by atoms with Crippen LogP contribution in [0.15, 0.2) is 4.90 Å². The predicted octanol–water partition coefficient (Wildman–Crippen LogP) is 1.86. The quantitative estimate of drug-likeness (QED) is 0.776. The van der Waals surface area contributed by atoms with Crippen molar-refractivity contribution in [2.24, 2.45) is 0 Å². The lowest BCUT2D eigenvalue weighted by Gasteiger charge is -2.23. The fraction of sp³-hybridized carbons (Fsp3) is 0.667. The molecule has 0 aromatic carbocycles. The Morgan fingerprint density at radius 3 is 2.20 bits per heavy atom. The van der Waals surface area contributed by atoms with Crippen LogP contribution < -0.4 is 0 Å². The van der Waals surface area contributed by atoms with E-state index in [2.05, 4.69) is 5.10 Å². The molecule has 1 unspecified atom stereocenters. The summed E-state index contributed by atoms with van der Waals surface area (Å²) in [6.07, 6.45) is 0. The molecule has 0 aliphatic carbocycles. The first kappa shape index (κ1) is 17.0. The van der Waals surface area contributed by atoms with Crippen LogP contribution in [-0.4, -0.2) is 42.1 Å². The van der Waals surface area contributed by atoms with Gasteiger partial charge < -0.3 is 4.90 Å². The van der Waals surface area contributed by atoms with Crippen LogP contribution in [0.3, 0.4) is 0 Å². The fourth-order valence-corrected chi connectivity index (χ4v) is 3.79. The number of hydrogen-bond acceptors (Lipinski definition) is 4. The molecule has 1 aromatic heterocycles. The zero-order valence-electron chi connectivity index (χ0n) is 12.3. The average Bonchev–Trinajstić information content (AvgIpc) is 2.64. The van der Waals surface area contributed by atoms with E-state index in [9.17, 15) is 13.2 Å². The van der Waals surface area contributed by atoms with E-state index in [-0.39, 0.29) is 10.8 Å². The van der Waals surface area contributed by atoms with Crippen molar-refractivity contribution in [3.8, 4) is 0 Å². The van der Waals surface area contributed by atoms with E-state index >= 15 is 0 Å². The number of nitrogens with zero attached hydrogens (tertiary/aromatic N) is 3. The van der Waals surface area contributed by atoms with Gasteiger partial charge in [0.25, 0.3) is 9.05 Å². The highest BCUT2D eigenvalue weighted by molar-refractivity contribution is 8.13. The highest BCUT2D eigenvalue weighted by Gasteiger charge is 2.28. The summed E-state index contributed by atoms with van der Waals surface area (Å²) < 4.78 is 24.5. The number of aromatic nitrogens is 2. The molecule has 0 bridgehead atoms. The molecule has 1 aromatic rings. The van der Waals surface area contributed by atoms with Gasteiger partial charge in [0.1, 0.15) is 10.9 Å². The van der Waals surface area contributed by atoms with Crippen molar-refractivity contribution in [2.45, 2.75) is 45.6 Å². The summed E-state index contributed by atoms with van der Waals surface area (Å²) >= 11 is 0. The Balaban J connectivity index is 3.26. The summed E-state index contributed by atoms with van der Waals surface area (Å²) in [5.74, 6) is -0.0980. The molecule has 0 radical (unpaired) electrons. The number of carbonyl (C=O) groups is 1. The molecular formula is C12H20ClN3O3S. The second kappa shape index (κ2) is 6.13. The van der Waals surface area contributed by atoms with Gasteiger partial charge in [-0.2, -0.15) is 5.10 Å². The monoisotopic (exact) mass is 321 g/mol. The largest absolute Gasteiger partial charge is 0.341 e. The minimum absolute atomic E-state index is 0.0154. The Kier molecular flexibility index (Phi) is 5.21. The van der Waals surface area contributed by atoms with Crippen molar-refractivity contribution >= 4 is 25.6 Å². The van der Waals surface area contributed by atoms with E-state index < -0.39 is 15.1 Å². The van der Waals surface area contributed by atoms with E-state index in [1.807, 2.05) is 13.8 Å². The Bertz CT molecular complexity index is 606. The van der Waals surface area contributed by atoms with Gasteiger partial charge in [0, 0.05) is 23.8 Å². The van der Waals surface area contributed by atoms with Crippen molar-refractivity contribution < 1.29 is 13.2 Å². The van der Waals surface area contributed by atoms with Crippen molar-refractivity contribution in [1.29, 1.82) is 0 Å². The first-order valence-electron chi connectivity index (χ1n) is 6.44. The van der Waals surface area contributed by atoms with Gasteiger partial charge in [0.15, 0.2) is 0 Å². The molecule has 6 nitrogen and oxygen atoms in total. The molecule has 1 rings (SSSR count). The lowest BCUT2D eigenvalue weighted by Crippen LogP contribution is -2.36. The molecule has 0 N–H and O–H groups in total. The number of aryl methyl sites for hydroxylation is 1. The highest BCUT2D eigenvalue weighted by Crippen LogP contribution is 2.25. The third-order valence-corrected chi connectivity index (χ3v) is 4.84. The fourth-order valence-electron chi connectivity index (χ4n) is 2.28. The number of hydrogen-bond donors (Lipinski definition) is 0. The normalized spacial score (nSPS) is 13.3. The number of amides is 1. The van der Waals surface area contributed by atoms with E-state index in [0.29, 0.717) is 24.5 Å². The van der Waals surface area contributed by atoms with E-state index in [1.54, 1.807) is 25.7 Å². The van der Waals surface area contributed by atoms with Gasteiger partial charge >= 0.3 is 0 Å². The Morgan fingerprint density at radius 2 is 1.85 bits per heavy atom. The Labute approximate surface area is 124 Å². The molecular weight excluding hydrogens is 302 g/mol. The second-order valence-corrected chi connectivity index (χ2v) is 7.07. The van der Waals surface area contributed by atoms with Gasteiger partial charge in [-0.05, 0) is 34.6 Å². The van der Waals surface area contributed by atoms with Gasteiger partial charge in [-0.1, -0.05) is 0 Å². The first-order valence-corrected chi connectivity index (χ1v) is 8.75. The maximum Gasteiger partial charge on any atom is 0.264 e. The van der Waals surface area contributed by atoms with Crippen molar-refractivity contribution in [2.75, 3.05) is 13.1 Å². The van der Waals surface area contributed by atoms with Gasteiger partial charge in [-0.25, -0.2) is 8.42 Å². The zero-order chi connectivity index (χ0) is 15.7. The predicted molar refractivity (Wildman–Crippen MR) is 77.4 cm³/mol. The summed E-state index contributed by atoms with van der Waals surface area (Å²) in [4.78, 5) is 14.0. The van der Waals surface area contributed by atoms with E-state index in [1.165, 1.54) is 4.68 Å². The number of rotatable bonds is 5. The van der Waals surface area contributed by atoms with Crippen LogP contribution in [0.25, 0.3) is 0 Å². The van der Waals surface area contributed by atoms with E-state index in [4.69, 9.17) is 10.7 Å². The topological polar surface area (TPSA) is 72.3 Å². The minimum atomic E-state index is -3.87. The summed E-state index contributed by atoms with van der Waals surface area (Å²) in [6, 6.07) is -0.569. The number of likely N-dealkylation sites (N-methyl/N-ethyl adjacent to an activating group) is 1. The maximum atomic E-state index is 12.3. The molecule has 1 atom stereocenters. The molecule has 1 heterocycles. The van der Waals surface area contributed by atoms with E-state index in [0.717, 1.165) is 0 Å². The molecule has 0 spiro atoms. The van der Waals surface area contributed by atoms with Gasteiger partial charge in [0.05, 0.1) is 11.4 Å². The Hall–Kier alpha value is -1.08. The molecule has 0 fully saturated rings. The molecule has 1 amide bonds. The molecule has 114 valence electrons. The van der Waals surface area contributed by atoms with Crippen LogP contribution >= 0.6 is 10.7 Å². The maximum absolute atomic E-state index is 12.3. The number of halogens is 1. The van der Waals surface area contributed by atoms with Crippen LogP contribution in [0.2, 0.25) is 0 Å². The molecule has 0 saturated heterocycles. The van der Waals surface area contributed by atoms with Crippen LogP contribution in [0.4, 0.5) is 0 Å². The smallest absolute Gasteiger partial charge is 0.264 e. The standard InChI is InChI=1S/C12H20ClN3O3S/c1-6-15(7-2)12(17)10(5)16-9(4)11(8(3)14-16)20(13,18)19/h10H,6-7H2,1-5H3. The van der Waals surface area contributed by atoms with Gasteiger partial charge in [-0.3, -0.25) is 9.48 Å². The highest BCUT2D eigenvalue weighted by atomic mass is 35.7. The zero-order valence-corrected chi connectivity index (χ0v) is 13.9. The lowest BCUT2D eigenvalue weighted by molar-refractivity contribution is -0.134. The molecule has 0 aliphatic rings. The lowest BCUT2D eigenvalue weighted by atomic mass is 10.2. The van der Waals surface area contributed by atoms with Crippen LogP contribution in [0.5, 0.6) is 0 Å². The summed E-state index contributed by atoms with van der Waals surface area (Å²) in [7, 11) is 1.54. The van der Waals surface area contributed by atoms with Crippen LogP contribution in [0, 0.1) is 13.8 Å². The summed E-state index contributed by atoms with van der Waals surface area (Å²) in [5, 5.41) is 4.15. The number of carbonyl (C=O) groups excluding carboxylic acids is 1. The van der Waals surface area contributed by atoms with Crippen LogP contribution in [-0.2, 0) is 13.8 Å². The SMILES string of the molecule is CCN(CC)C(=O)C(C)n1nc(C)c(S(=O)(=O)Cl)c1C. The second-order valence-electron chi connectivity index (χ2n) is 4.57. The average molecular weight is 322 g/mol. The van der Waals surface area contributed by atoms with Gasteiger partial charge in [-0.15, -0.1) is 0 Å². The van der Waals surface area contributed by atoms with Crippen molar-refractivity contribution in [1.82, 2.24) is 14.7 Å². The molecule has 8 heteroatoms. The molecule has 20 heavy (non-hydrogen) atoms. The van der Waals surface area contributed by atoms with Crippen molar-refractivity contribution in [3.63, 3.8) is 0 Å². The Morgan fingerprint density at radius 1 is 1.35 bits per heavy atom. The van der Waals surface area contributed by atoms with Crippen molar-refractivity contribution in [3.05, 3.63) is 11.4 Å².